The monoisotopic (exact) mass is 249 g/mol. The van der Waals surface area contributed by atoms with Crippen molar-refractivity contribution in [2.45, 2.75) is 13.0 Å². The molecule has 1 aromatic carbocycles. The van der Waals surface area contributed by atoms with Gasteiger partial charge in [-0.3, -0.25) is 4.79 Å². The molecule has 3 N–H and O–H groups in total. The van der Waals surface area contributed by atoms with Crippen molar-refractivity contribution in [1.29, 1.82) is 0 Å². The summed E-state index contributed by atoms with van der Waals surface area (Å²) in [5.74, 6) is -0.725. The molecule has 16 heavy (non-hydrogen) atoms. The molecule has 1 atom stereocenters. The molecule has 0 aliphatic carbocycles. The second kappa shape index (κ2) is 6.30. The Balaban J connectivity index is 0.00000225. The molecular weight excluding hydrogens is 237 g/mol. The lowest BCUT2D eigenvalue weighted by Gasteiger charge is -2.10. The number of halogens is 2. The first-order valence-electron chi connectivity index (χ1n) is 4.37. The zero-order valence-electron chi connectivity index (χ0n) is 8.64. The number of alkyl halides is 1. The first kappa shape index (κ1) is 14.7. The van der Waals surface area contributed by atoms with Gasteiger partial charge in [-0.15, -0.1) is 12.4 Å². The molecule has 0 spiro atoms. The van der Waals surface area contributed by atoms with Gasteiger partial charge in [-0.2, -0.15) is 0 Å². The zero-order chi connectivity index (χ0) is 11.4. The van der Waals surface area contributed by atoms with Crippen LogP contribution in [0.25, 0.3) is 0 Å². The van der Waals surface area contributed by atoms with Crippen LogP contribution < -0.4 is 10.5 Å². The summed E-state index contributed by atoms with van der Waals surface area (Å²) in [6.45, 7) is 0.507. The molecule has 0 saturated heterocycles. The number of hydrogen-bond donors (Lipinski definition) is 2. The minimum Gasteiger partial charge on any atom is -0.504 e. The maximum atomic E-state index is 12.2. The molecule has 6 heteroatoms. The predicted molar refractivity (Wildman–Crippen MR) is 59.6 cm³/mol. The predicted octanol–water partition coefficient (Wildman–Crippen LogP) is 1.71. The Morgan fingerprint density at radius 2 is 2.25 bits per heavy atom. The Labute approximate surface area is 98.6 Å². The second-order valence-corrected chi connectivity index (χ2v) is 3.08. The van der Waals surface area contributed by atoms with Gasteiger partial charge in [0.05, 0.1) is 6.04 Å². The van der Waals surface area contributed by atoms with Crippen molar-refractivity contribution in [3.8, 4) is 11.5 Å². The Bertz CT molecular complexity index is 373. The van der Waals surface area contributed by atoms with Gasteiger partial charge in [-0.1, -0.05) is 6.07 Å². The molecule has 0 bridgehead atoms. The van der Waals surface area contributed by atoms with Crippen LogP contribution in [0.1, 0.15) is 18.5 Å². The zero-order valence-corrected chi connectivity index (χ0v) is 9.46. The van der Waals surface area contributed by atoms with E-state index in [0.29, 0.717) is 5.56 Å². The lowest BCUT2D eigenvalue weighted by molar-refractivity contribution is -0.132. The third-order valence-corrected chi connectivity index (χ3v) is 1.83. The second-order valence-electron chi connectivity index (χ2n) is 3.08. The van der Waals surface area contributed by atoms with Gasteiger partial charge in [-0.25, -0.2) is 4.39 Å². The summed E-state index contributed by atoms with van der Waals surface area (Å²) in [6.07, 6.45) is 0. The summed E-state index contributed by atoms with van der Waals surface area (Å²) >= 11 is 0. The number of carbonyl (C=O) groups excluding carboxylic acids is 1. The number of ether oxygens (including phenoxy) is 1. The first-order valence-corrected chi connectivity index (χ1v) is 4.37. The molecule has 0 aliphatic heterocycles. The Kier molecular flexibility index (Phi) is 5.77. The largest absolute Gasteiger partial charge is 0.504 e. The number of nitrogens with two attached hydrogens (primary N) is 1. The van der Waals surface area contributed by atoms with E-state index < -0.39 is 18.7 Å². The molecule has 0 heterocycles. The van der Waals surface area contributed by atoms with Crippen molar-refractivity contribution in [3.63, 3.8) is 0 Å². The van der Waals surface area contributed by atoms with Crippen molar-refractivity contribution in [2.24, 2.45) is 5.73 Å². The molecule has 0 saturated carbocycles. The molecule has 90 valence electrons. The van der Waals surface area contributed by atoms with Gasteiger partial charge in [0.1, 0.15) is 6.67 Å². The van der Waals surface area contributed by atoms with E-state index in [-0.39, 0.29) is 23.9 Å². The topological polar surface area (TPSA) is 72.5 Å². The standard InChI is InChI=1S/C10H12FNO3.ClH/c1-6(13)15-10-3-2-7(4-9(10)14)8(12)5-11;/h2-4,8,14H,5,12H2,1H3;1H/t8-;/m1./s1. The number of aromatic hydroxyl groups is 1. The maximum absolute atomic E-state index is 12.2. The maximum Gasteiger partial charge on any atom is 0.308 e. The quantitative estimate of drug-likeness (QED) is 0.632. The molecule has 4 nitrogen and oxygen atoms in total. The van der Waals surface area contributed by atoms with E-state index in [2.05, 4.69) is 4.74 Å². The van der Waals surface area contributed by atoms with Crippen LogP contribution in [-0.4, -0.2) is 17.8 Å². The van der Waals surface area contributed by atoms with Crippen LogP contribution in [0.3, 0.4) is 0 Å². The smallest absolute Gasteiger partial charge is 0.308 e. The van der Waals surface area contributed by atoms with Crippen molar-refractivity contribution in [2.75, 3.05) is 6.67 Å². The van der Waals surface area contributed by atoms with Crippen LogP contribution in [0.4, 0.5) is 4.39 Å². The highest BCUT2D eigenvalue weighted by atomic mass is 35.5. The number of carbonyl (C=O) groups is 1. The minimum atomic E-state index is -0.776. The lowest BCUT2D eigenvalue weighted by Crippen LogP contribution is -2.12. The Morgan fingerprint density at radius 1 is 1.62 bits per heavy atom. The lowest BCUT2D eigenvalue weighted by atomic mass is 10.1. The molecule has 0 radical (unpaired) electrons. The molecular formula is C10H13ClFNO3. The molecule has 0 aliphatic rings. The molecule has 0 fully saturated rings. The van der Waals surface area contributed by atoms with Gasteiger partial charge in [-0.05, 0) is 17.7 Å². The summed E-state index contributed by atoms with van der Waals surface area (Å²) in [6, 6.07) is 3.38. The fourth-order valence-electron chi connectivity index (χ4n) is 1.10. The summed E-state index contributed by atoms with van der Waals surface area (Å²) < 4.78 is 16.9. The van der Waals surface area contributed by atoms with Crippen LogP contribution in [-0.2, 0) is 4.79 Å². The third kappa shape index (κ3) is 3.67. The SMILES string of the molecule is CC(=O)Oc1ccc([C@H](N)CF)cc1O.Cl. The average molecular weight is 250 g/mol. The van der Waals surface area contributed by atoms with Crippen LogP contribution in [0, 0.1) is 0 Å². The van der Waals surface area contributed by atoms with E-state index in [1.54, 1.807) is 0 Å². The van der Waals surface area contributed by atoms with Gasteiger partial charge < -0.3 is 15.6 Å². The summed E-state index contributed by atoms with van der Waals surface area (Å²) in [5.41, 5.74) is 5.87. The van der Waals surface area contributed by atoms with Gasteiger partial charge >= 0.3 is 5.97 Å². The fraction of sp³-hybridized carbons (Fsp3) is 0.300. The molecule has 0 unspecified atom stereocenters. The number of benzene rings is 1. The van der Waals surface area contributed by atoms with Gasteiger partial charge in [0.2, 0.25) is 0 Å². The van der Waals surface area contributed by atoms with Crippen LogP contribution in [0.5, 0.6) is 11.5 Å². The third-order valence-electron chi connectivity index (χ3n) is 1.83. The normalized spacial score (nSPS) is 11.4. The highest BCUT2D eigenvalue weighted by Crippen LogP contribution is 2.28. The van der Waals surface area contributed by atoms with E-state index in [0.717, 1.165) is 0 Å². The number of rotatable bonds is 3. The van der Waals surface area contributed by atoms with Gasteiger partial charge in [0.25, 0.3) is 0 Å². The van der Waals surface area contributed by atoms with Crippen molar-refractivity contribution in [3.05, 3.63) is 23.8 Å². The van der Waals surface area contributed by atoms with Crippen molar-refractivity contribution >= 4 is 18.4 Å². The molecule has 1 aromatic rings. The van der Waals surface area contributed by atoms with E-state index in [9.17, 15) is 14.3 Å². The first-order chi connectivity index (χ1) is 7.04. The van der Waals surface area contributed by atoms with E-state index in [1.807, 2.05) is 0 Å². The number of phenols is 1. The Morgan fingerprint density at radius 3 is 2.69 bits per heavy atom. The average Bonchev–Trinajstić information content (AvgIpc) is 2.19. The number of phenolic OH excluding ortho intramolecular Hbond substituents is 1. The minimum absolute atomic E-state index is 0. The highest BCUT2D eigenvalue weighted by Gasteiger charge is 2.10. The number of hydrogen-bond acceptors (Lipinski definition) is 4. The van der Waals surface area contributed by atoms with Crippen molar-refractivity contribution < 1.29 is 19.0 Å². The number of esters is 1. The van der Waals surface area contributed by atoms with E-state index in [1.165, 1.54) is 25.1 Å². The summed E-state index contributed by atoms with van der Waals surface area (Å²) in [4.78, 5) is 10.6. The summed E-state index contributed by atoms with van der Waals surface area (Å²) in [5, 5.41) is 9.43. The van der Waals surface area contributed by atoms with Crippen LogP contribution >= 0.6 is 12.4 Å². The molecule has 0 amide bonds. The van der Waals surface area contributed by atoms with E-state index in [4.69, 9.17) is 5.73 Å². The Hall–Kier alpha value is -1.33. The van der Waals surface area contributed by atoms with Gasteiger partial charge in [0, 0.05) is 6.92 Å². The fourth-order valence-corrected chi connectivity index (χ4v) is 1.10. The molecule has 0 aromatic heterocycles. The van der Waals surface area contributed by atoms with Crippen molar-refractivity contribution in [1.82, 2.24) is 0 Å². The van der Waals surface area contributed by atoms with Crippen LogP contribution in [0.2, 0.25) is 0 Å². The molecule has 1 rings (SSSR count). The van der Waals surface area contributed by atoms with Crippen LogP contribution in [0.15, 0.2) is 18.2 Å². The van der Waals surface area contributed by atoms with Gasteiger partial charge in [0.15, 0.2) is 11.5 Å². The van der Waals surface area contributed by atoms with E-state index >= 15 is 0 Å². The highest BCUT2D eigenvalue weighted by molar-refractivity contribution is 5.85. The summed E-state index contributed by atoms with van der Waals surface area (Å²) in [7, 11) is 0.